The Morgan fingerprint density at radius 2 is 1.50 bits per heavy atom. The zero-order valence-corrected chi connectivity index (χ0v) is 21.1. The third-order valence-corrected chi connectivity index (χ3v) is 7.17. The van der Waals surface area contributed by atoms with Gasteiger partial charge < -0.3 is 14.0 Å². The van der Waals surface area contributed by atoms with Crippen LogP contribution in [0.15, 0.2) is 100 Å². The molecule has 1 heterocycles. The van der Waals surface area contributed by atoms with E-state index >= 15 is 0 Å². The van der Waals surface area contributed by atoms with Gasteiger partial charge in [-0.1, -0.05) is 72.3 Å². The van der Waals surface area contributed by atoms with E-state index in [4.69, 9.17) is 16.0 Å². The van der Waals surface area contributed by atoms with Gasteiger partial charge in [0.25, 0.3) is 0 Å². The van der Waals surface area contributed by atoms with Crippen LogP contribution in [0.25, 0.3) is 0 Å². The van der Waals surface area contributed by atoms with Gasteiger partial charge in [0.2, 0.25) is 5.89 Å². The van der Waals surface area contributed by atoms with E-state index in [2.05, 4.69) is 31.2 Å². The second-order valence-electron chi connectivity index (χ2n) is 9.05. The lowest BCUT2D eigenvalue weighted by molar-refractivity contribution is -0.904. The number of aromatic nitrogens is 1. The molecule has 0 aliphatic heterocycles. The van der Waals surface area contributed by atoms with Gasteiger partial charge in [0.05, 0.1) is 26.8 Å². The number of quaternary nitrogens is 1. The standard InChI is InChI=1S/C28H30ClN2O2S/c1-31(2,18-9-19-34-26-16-14-24(29)15-17-26)21-25-20-30-27(33-25)28(32,22-10-5-3-6-11-22)23-12-7-4-8-13-23/h3-8,10-17,20,32H,9,18-19,21H2,1-2H3/q+1. The average molecular weight is 494 g/mol. The van der Waals surface area contributed by atoms with Crippen molar-refractivity contribution in [1.29, 1.82) is 0 Å². The Labute approximate surface area is 210 Å². The Hall–Kier alpha value is -2.57. The van der Waals surface area contributed by atoms with Gasteiger partial charge in [-0.15, -0.1) is 11.8 Å². The van der Waals surface area contributed by atoms with Crippen molar-refractivity contribution in [3.8, 4) is 0 Å². The van der Waals surface area contributed by atoms with Crippen molar-refractivity contribution in [2.45, 2.75) is 23.5 Å². The summed E-state index contributed by atoms with van der Waals surface area (Å²) in [7, 11) is 4.38. The van der Waals surface area contributed by atoms with Gasteiger partial charge in [-0.3, -0.25) is 0 Å². The van der Waals surface area contributed by atoms with Gasteiger partial charge in [-0.05, 0) is 35.4 Å². The topological polar surface area (TPSA) is 46.3 Å². The Morgan fingerprint density at radius 1 is 0.912 bits per heavy atom. The van der Waals surface area contributed by atoms with Crippen molar-refractivity contribution in [3.05, 3.63) is 119 Å². The maximum atomic E-state index is 11.9. The molecule has 0 aliphatic carbocycles. The summed E-state index contributed by atoms with van der Waals surface area (Å²) < 4.78 is 6.95. The summed E-state index contributed by atoms with van der Waals surface area (Å²) in [6, 6.07) is 27.1. The van der Waals surface area contributed by atoms with E-state index in [-0.39, 0.29) is 5.89 Å². The summed E-state index contributed by atoms with van der Waals surface area (Å²) in [6.07, 6.45) is 2.81. The van der Waals surface area contributed by atoms with E-state index in [1.165, 1.54) is 4.90 Å². The fourth-order valence-corrected chi connectivity index (χ4v) is 5.00. The Balaban J connectivity index is 1.44. The van der Waals surface area contributed by atoms with Crippen LogP contribution < -0.4 is 0 Å². The van der Waals surface area contributed by atoms with Crippen LogP contribution in [0, 0.1) is 0 Å². The number of thioether (sulfide) groups is 1. The lowest BCUT2D eigenvalue weighted by Crippen LogP contribution is -2.39. The van der Waals surface area contributed by atoms with Crippen LogP contribution in [0.2, 0.25) is 5.02 Å². The maximum Gasteiger partial charge on any atom is 0.236 e. The first-order valence-corrected chi connectivity index (χ1v) is 12.7. The van der Waals surface area contributed by atoms with Crippen molar-refractivity contribution in [2.24, 2.45) is 0 Å². The molecular weight excluding hydrogens is 464 g/mol. The van der Waals surface area contributed by atoms with E-state index in [9.17, 15) is 5.11 Å². The number of hydrogen-bond acceptors (Lipinski definition) is 4. The van der Waals surface area contributed by atoms with Gasteiger partial charge in [0, 0.05) is 22.1 Å². The highest BCUT2D eigenvalue weighted by atomic mass is 35.5. The van der Waals surface area contributed by atoms with Crippen molar-refractivity contribution >= 4 is 23.4 Å². The normalized spacial score (nSPS) is 12.1. The molecule has 1 aromatic heterocycles. The van der Waals surface area contributed by atoms with Crippen LogP contribution in [0.5, 0.6) is 0 Å². The molecule has 0 saturated carbocycles. The number of benzene rings is 3. The molecule has 0 amide bonds. The Kier molecular flexibility index (Phi) is 7.79. The van der Waals surface area contributed by atoms with Crippen molar-refractivity contribution < 1.29 is 14.0 Å². The van der Waals surface area contributed by atoms with E-state index in [1.54, 1.807) is 6.20 Å². The second-order valence-corrected chi connectivity index (χ2v) is 10.7. The minimum Gasteiger partial charge on any atom is -0.436 e. The monoisotopic (exact) mass is 493 g/mol. The maximum absolute atomic E-state index is 11.9. The SMILES string of the molecule is C[N+](C)(CCCSc1ccc(Cl)cc1)Cc1cnc(C(O)(c2ccccc2)c2ccccc2)o1. The van der Waals surface area contributed by atoms with Gasteiger partial charge >= 0.3 is 0 Å². The van der Waals surface area contributed by atoms with Gasteiger partial charge in [-0.25, -0.2) is 4.98 Å². The molecule has 0 unspecified atom stereocenters. The Bertz CT molecular complexity index is 1140. The molecule has 176 valence electrons. The molecule has 6 heteroatoms. The number of halogens is 1. The molecule has 0 spiro atoms. The lowest BCUT2D eigenvalue weighted by atomic mass is 9.86. The highest BCUT2D eigenvalue weighted by Crippen LogP contribution is 2.36. The fourth-order valence-electron chi connectivity index (χ4n) is 4.03. The van der Waals surface area contributed by atoms with Gasteiger partial charge in [-0.2, -0.15) is 0 Å². The number of hydrogen-bond donors (Lipinski definition) is 1. The predicted octanol–water partition coefficient (Wildman–Crippen LogP) is 6.37. The van der Waals surface area contributed by atoms with E-state index in [0.717, 1.165) is 45.1 Å². The van der Waals surface area contributed by atoms with E-state index in [1.807, 2.05) is 84.6 Å². The molecular formula is C28H30ClN2O2S+. The van der Waals surface area contributed by atoms with Gasteiger partial charge in [0.15, 0.2) is 11.4 Å². The quantitative estimate of drug-likeness (QED) is 0.158. The first-order chi connectivity index (χ1) is 16.4. The van der Waals surface area contributed by atoms with Crippen molar-refractivity contribution in [2.75, 3.05) is 26.4 Å². The summed E-state index contributed by atoms with van der Waals surface area (Å²) in [5, 5.41) is 12.6. The predicted molar refractivity (Wildman–Crippen MR) is 139 cm³/mol. The molecule has 4 rings (SSSR count). The lowest BCUT2D eigenvalue weighted by Gasteiger charge is -2.29. The average Bonchev–Trinajstić information content (AvgIpc) is 3.32. The summed E-state index contributed by atoms with van der Waals surface area (Å²) in [5.41, 5.74) is -0.00205. The van der Waals surface area contributed by atoms with Crippen LogP contribution in [0.3, 0.4) is 0 Å². The van der Waals surface area contributed by atoms with Crippen LogP contribution in [0.1, 0.15) is 29.2 Å². The highest BCUT2D eigenvalue weighted by molar-refractivity contribution is 7.99. The van der Waals surface area contributed by atoms with Crippen molar-refractivity contribution in [3.63, 3.8) is 0 Å². The molecule has 0 radical (unpaired) electrons. The molecule has 4 aromatic rings. The minimum absolute atomic E-state index is 0.290. The third-order valence-electron chi connectivity index (χ3n) is 5.82. The molecule has 1 N–H and O–H groups in total. The smallest absolute Gasteiger partial charge is 0.236 e. The molecule has 0 saturated heterocycles. The third kappa shape index (κ3) is 5.91. The molecule has 34 heavy (non-hydrogen) atoms. The number of nitrogens with zero attached hydrogens (tertiary/aromatic N) is 2. The number of rotatable bonds is 10. The van der Waals surface area contributed by atoms with Crippen molar-refractivity contribution in [1.82, 2.24) is 4.98 Å². The van der Waals surface area contributed by atoms with Crippen LogP contribution in [0.4, 0.5) is 0 Å². The molecule has 0 aliphatic rings. The zero-order chi connectivity index (χ0) is 24.0. The largest absolute Gasteiger partial charge is 0.436 e. The first kappa shape index (κ1) is 24.6. The number of oxazole rings is 1. The first-order valence-electron chi connectivity index (χ1n) is 11.4. The van der Waals surface area contributed by atoms with Crippen LogP contribution >= 0.6 is 23.4 Å². The van der Waals surface area contributed by atoms with Crippen LogP contribution in [-0.4, -0.2) is 41.0 Å². The second kappa shape index (κ2) is 10.8. The molecule has 3 aromatic carbocycles. The Morgan fingerprint density at radius 3 is 2.09 bits per heavy atom. The summed E-state index contributed by atoms with van der Waals surface area (Å²) in [5.74, 6) is 2.08. The van der Waals surface area contributed by atoms with E-state index < -0.39 is 5.60 Å². The van der Waals surface area contributed by atoms with Crippen LogP contribution in [-0.2, 0) is 12.1 Å². The minimum atomic E-state index is -1.45. The summed E-state index contributed by atoms with van der Waals surface area (Å²) in [6.45, 7) is 1.69. The zero-order valence-electron chi connectivity index (χ0n) is 19.5. The molecule has 4 nitrogen and oxygen atoms in total. The molecule has 0 atom stereocenters. The highest BCUT2D eigenvalue weighted by Gasteiger charge is 2.39. The molecule has 0 bridgehead atoms. The summed E-state index contributed by atoms with van der Waals surface area (Å²) in [4.78, 5) is 5.76. The fraction of sp³-hybridized carbons (Fsp3) is 0.250. The molecule has 0 fully saturated rings. The number of aliphatic hydroxyl groups is 1. The van der Waals surface area contributed by atoms with E-state index in [0.29, 0.717) is 6.54 Å². The van der Waals surface area contributed by atoms with Gasteiger partial charge in [0.1, 0.15) is 6.54 Å². The summed E-state index contributed by atoms with van der Waals surface area (Å²) >= 11 is 7.81.